The Morgan fingerprint density at radius 2 is 2.16 bits per heavy atom. The Balaban J connectivity index is 0.00000133. The van der Waals surface area contributed by atoms with Crippen LogP contribution in [0.25, 0.3) is 11.3 Å². The number of hydrogen-bond acceptors (Lipinski definition) is 2. The second-order valence-electron chi connectivity index (χ2n) is 4.76. The van der Waals surface area contributed by atoms with Crippen molar-refractivity contribution < 1.29 is 4.39 Å². The number of hydrogen-bond donors (Lipinski definition) is 2. The molecule has 1 aliphatic heterocycles. The van der Waals surface area contributed by atoms with Crippen LogP contribution in [0.1, 0.15) is 24.5 Å². The van der Waals surface area contributed by atoms with Gasteiger partial charge in [-0.1, -0.05) is 12.1 Å². The fraction of sp³-hybridized carbons (Fsp3) is 0.357. The van der Waals surface area contributed by atoms with Gasteiger partial charge in [-0.15, -0.1) is 12.4 Å². The van der Waals surface area contributed by atoms with E-state index in [-0.39, 0.29) is 18.2 Å². The Kier molecular flexibility index (Phi) is 4.56. The monoisotopic (exact) mass is 281 g/mol. The molecule has 0 bridgehead atoms. The molecule has 2 N–H and O–H groups in total. The highest BCUT2D eigenvalue weighted by molar-refractivity contribution is 5.85. The zero-order chi connectivity index (χ0) is 12.4. The van der Waals surface area contributed by atoms with Gasteiger partial charge in [-0.2, -0.15) is 5.10 Å². The van der Waals surface area contributed by atoms with Crippen LogP contribution >= 0.6 is 12.4 Å². The first kappa shape index (κ1) is 14.0. The van der Waals surface area contributed by atoms with Gasteiger partial charge in [0.2, 0.25) is 0 Å². The normalized spacial score (nSPS) is 18.9. The Bertz CT molecular complexity index is 535. The fourth-order valence-electron chi connectivity index (χ4n) is 2.46. The summed E-state index contributed by atoms with van der Waals surface area (Å²) in [5.41, 5.74) is 2.78. The zero-order valence-electron chi connectivity index (χ0n) is 10.5. The van der Waals surface area contributed by atoms with Crippen molar-refractivity contribution in [3.63, 3.8) is 0 Å². The van der Waals surface area contributed by atoms with Crippen LogP contribution in [0.15, 0.2) is 30.3 Å². The van der Waals surface area contributed by atoms with Crippen LogP contribution in [0.5, 0.6) is 0 Å². The molecule has 3 nitrogen and oxygen atoms in total. The number of aromatic nitrogens is 2. The molecule has 1 atom stereocenters. The molecule has 0 saturated carbocycles. The molecule has 2 aromatic rings. The minimum Gasteiger partial charge on any atom is -0.316 e. The van der Waals surface area contributed by atoms with E-state index in [0.717, 1.165) is 30.0 Å². The lowest BCUT2D eigenvalue weighted by molar-refractivity contribution is 0.454. The molecular formula is C14H17ClFN3. The van der Waals surface area contributed by atoms with Crippen molar-refractivity contribution in [2.24, 2.45) is 0 Å². The van der Waals surface area contributed by atoms with E-state index >= 15 is 0 Å². The molecule has 2 heterocycles. The summed E-state index contributed by atoms with van der Waals surface area (Å²) in [5, 5.41) is 10.7. The fourth-order valence-corrected chi connectivity index (χ4v) is 2.46. The molecule has 0 radical (unpaired) electrons. The summed E-state index contributed by atoms with van der Waals surface area (Å²) in [6, 6.07) is 8.58. The number of halogens is 2. The van der Waals surface area contributed by atoms with Gasteiger partial charge in [0.15, 0.2) is 0 Å². The SMILES string of the molecule is Cl.Fc1cccc(-c2cc(C3CCCNC3)[nH]n2)c1. The Hall–Kier alpha value is -1.39. The molecule has 0 aliphatic carbocycles. The van der Waals surface area contributed by atoms with Crippen molar-refractivity contribution in [1.29, 1.82) is 0 Å². The molecule has 1 unspecified atom stereocenters. The van der Waals surface area contributed by atoms with Crippen molar-refractivity contribution in [3.05, 3.63) is 41.8 Å². The van der Waals surface area contributed by atoms with Crippen LogP contribution in [0.2, 0.25) is 0 Å². The summed E-state index contributed by atoms with van der Waals surface area (Å²) in [6.07, 6.45) is 2.37. The number of nitrogens with zero attached hydrogens (tertiary/aromatic N) is 1. The van der Waals surface area contributed by atoms with E-state index in [0.29, 0.717) is 5.92 Å². The third kappa shape index (κ3) is 3.14. The van der Waals surface area contributed by atoms with Crippen molar-refractivity contribution in [3.8, 4) is 11.3 Å². The summed E-state index contributed by atoms with van der Waals surface area (Å²) in [6.45, 7) is 2.09. The standard InChI is InChI=1S/C14H16FN3.ClH/c15-12-5-1-3-10(7-12)13-8-14(18-17-13)11-4-2-6-16-9-11;/h1,3,5,7-8,11,16H,2,4,6,9H2,(H,17,18);1H. The second-order valence-corrected chi connectivity index (χ2v) is 4.76. The van der Waals surface area contributed by atoms with Crippen molar-refractivity contribution in [2.45, 2.75) is 18.8 Å². The van der Waals surface area contributed by atoms with Crippen molar-refractivity contribution >= 4 is 12.4 Å². The van der Waals surface area contributed by atoms with Crippen LogP contribution in [-0.4, -0.2) is 23.3 Å². The Morgan fingerprint density at radius 1 is 1.26 bits per heavy atom. The topological polar surface area (TPSA) is 40.7 Å². The third-order valence-corrected chi connectivity index (χ3v) is 3.45. The van der Waals surface area contributed by atoms with E-state index in [9.17, 15) is 4.39 Å². The average molecular weight is 282 g/mol. The number of nitrogens with one attached hydrogen (secondary N) is 2. The van der Waals surface area contributed by atoms with E-state index in [1.54, 1.807) is 6.07 Å². The van der Waals surface area contributed by atoms with E-state index in [1.807, 2.05) is 12.1 Å². The molecule has 0 spiro atoms. The van der Waals surface area contributed by atoms with Crippen LogP contribution in [0.4, 0.5) is 4.39 Å². The van der Waals surface area contributed by atoms with Gasteiger partial charge in [0.25, 0.3) is 0 Å². The average Bonchev–Trinajstić information content (AvgIpc) is 2.89. The van der Waals surface area contributed by atoms with Gasteiger partial charge in [0.1, 0.15) is 5.82 Å². The van der Waals surface area contributed by atoms with Gasteiger partial charge in [0, 0.05) is 23.7 Å². The number of aromatic amines is 1. The van der Waals surface area contributed by atoms with Gasteiger partial charge in [0.05, 0.1) is 5.69 Å². The van der Waals surface area contributed by atoms with Crippen LogP contribution < -0.4 is 5.32 Å². The van der Waals surface area contributed by atoms with E-state index in [1.165, 1.54) is 25.0 Å². The molecule has 102 valence electrons. The molecule has 0 amide bonds. The molecule has 3 rings (SSSR count). The molecule has 1 fully saturated rings. The number of piperidine rings is 1. The molecule has 5 heteroatoms. The van der Waals surface area contributed by atoms with Crippen molar-refractivity contribution in [2.75, 3.05) is 13.1 Å². The van der Waals surface area contributed by atoms with Crippen molar-refractivity contribution in [1.82, 2.24) is 15.5 Å². The van der Waals surface area contributed by atoms with Gasteiger partial charge in [-0.05, 0) is 37.6 Å². The quantitative estimate of drug-likeness (QED) is 0.888. The summed E-state index contributed by atoms with van der Waals surface area (Å²) in [5.74, 6) is 0.268. The summed E-state index contributed by atoms with van der Waals surface area (Å²) in [4.78, 5) is 0. The minimum absolute atomic E-state index is 0. The van der Waals surface area contributed by atoms with E-state index in [2.05, 4.69) is 15.5 Å². The largest absolute Gasteiger partial charge is 0.316 e. The summed E-state index contributed by atoms with van der Waals surface area (Å²) in [7, 11) is 0. The van der Waals surface area contributed by atoms with Crippen LogP contribution in [0.3, 0.4) is 0 Å². The number of rotatable bonds is 2. The molecule has 1 saturated heterocycles. The molecule has 19 heavy (non-hydrogen) atoms. The predicted molar refractivity (Wildman–Crippen MR) is 76.1 cm³/mol. The Labute approximate surface area is 118 Å². The second kappa shape index (κ2) is 6.17. The maximum Gasteiger partial charge on any atom is 0.123 e. The highest BCUT2D eigenvalue weighted by atomic mass is 35.5. The van der Waals surface area contributed by atoms with Gasteiger partial charge in [-0.25, -0.2) is 4.39 Å². The predicted octanol–water partition coefficient (Wildman–Crippen LogP) is 3.10. The highest BCUT2D eigenvalue weighted by Gasteiger charge is 2.17. The molecule has 1 aromatic heterocycles. The number of H-pyrrole nitrogens is 1. The summed E-state index contributed by atoms with van der Waals surface area (Å²) < 4.78 is 13.2. The highest BCUT2D eigenvalue weighted by Crippen LogP contribution is 2.25. The van der Waals surface area contributed by atoms with E-state index < -0.39 is 0 Å². The zero-order valence-corrected chi connectivity index (χ0v) is 11.3. The lowest BCUT2D eigenvalue weighted by Crippen LogP contribution is -2.28. The van der Waals surface area contributed by atoms with E-state index in [4.69, 9.17) is 0 Å². The molecule has 1 aliphatic rings. The van der Waals surface area contributed by atoms with Crippen LogP contribution in [0, 0.1) is 5.82 Å². The van der Waals surface area contributed by atoms with Gasteiger partial charge in [-0.3, -0.25) is 5.10 Å². The first-order valence-corrected chi connectivity index (χ1v) is 6.35. The smallest absolute Gasteiger partial charge is 0.123 e. The molecule has 1 aromatic carbocycles. The summed E-state index contributed by atoms with van der Waals surface area (Å²) >= 11 is 0. The lowest BCUT2D eigenvalue weighted by atomic mass is 9.96. The molecular weight excluding hydrogens is 265 g/mol. The maximum absolute atomic E-state index is 13.2. The minimum atomic E-state index is -0.226. The number of benzene rings is 1. The van der Waals surface area contributed by atoms with Crippen LogP contribution in [-0.2, 0) is 0 Å². The Morgan fingerprint density at radius 3 is 2.89 bits per heavy atom. The van der Waals surface area contributed by atoms with Gasteiger partial charge >= 0.3 is 0 Å². The lowest BCUT2D eigenvalue weighted by Gasteiger charge is -2.21. The first-order valence-electron chi connectivity index (χ1n) is 6.35. The van der Waals surface area contributed by atoms with Gasteiger partial charge < -0.3 is 5.32 Å². The third-order valence-electron chi connectivity index (χ3n) is 3.45. The first-order chi connectivity index (χ1) is 8.83. The maximum atomic E-state index is 13.2.